The molecule has 1 rings (SSSR count). The summed E-state index contributed by atoms with van der Waals surface area (Å²) in [5, 5.41) is 2.65. The molecule has 0 radical (unpaired) electrons. The van der Waals surface area contributed by atoms with Crippen molar-refractivity contribution in [3.63, 3.8) is 0 Å². The maximum absolute atomic E-state index is 12.9. The topological polar surface area (TPSA) is 29.1 Å². The molecular weight excluding hydrogens is 255 g/mol. The highest BCUT2D eigenvalue weighted by atomic mass is 19.4. The first-order valence-corrected chi connectivity index (χ1v) is 5.97. The number of hydrogen-bond acceptors (Lipinski definition) is 1. The minimum Gasteiger partial charge on any atom is -0.351 e. The van der Waals surface area contributed by atoms with Crippen LogP contribution in [0.5, 0.6) is 0 Å². The third kappa shape index (κ3) is 4.93. The van der Waals surface area contributed by atoms with E-state index in [0.717, 1.165) is 6.07 Å². The van der Waals surface area contributed by atoms with Crippen molar-refractivity contribution in [2.75, 3.05) is 0 Å². The lowest BCUT2D eigenvalue weighted by Crippen LogP contribution is -2.41. The smallest absolute Gasteiger partial charge is 0.351 e. The van der Waals surface area contributed by atoms with Gasteiger partial charge in [0.2, 0.25) is 5.91 Å². The highest BCUT2D eigenvalue weighted by Crippen LogP contribution is 2.32. The molecule has 0 bridgehead atoms. The molecular formula is C14H18F3NO. The summed E-state index contributed by atoms with van der Waals surface area (Å²) in [5.41, 5.74) is -0.677. The van der Waals surface area contributed by atoms with Gasteiger partial charge in [0.1, 0.15) is 0 Å². The fourth-order valence-corrected chi connectivity index (χ4v) is 1.74. The van der Waals surface area contributed by atoms with Gasteiger partial charge >= 0.3 is 6.18 Å². The maximum atomic E-state index is 12.9. The molecule has 0 aliphatic rings. The van der Waals surface area contributed by atoms with Crippen LogP contribution in [0.1, 0.15) is 37.5 Å². The number of nitrogens with one attached hydrogen (secondary N) is 1. The lowest BCUT2D eigenvalue weighted by atomic mass is 10.0. The van der Waals surface area contributed by atoms with Gasteiger partial charge in [-0.25, -0.2) is 0 Å². The van der Waals surface area contributed by atoms with Gasteiger partial charge < -0.3 is 5.32 Å². The zero-order valence-corrected chi connectivity index (χ0v) is 11.5. The van der Waals surface area contributed by atoms with E-state index in [2.05, 4.69) is 5.32 Å². The van der Waals surface area contributed by atoms with Crippen LogP contribution in [0.2, 0.25) is 0 Å². The van der Waals surface area contributed by atoms with Gasteiger partial charge in [0.05, 0.1) is 12.0 Å². The minimum absolute atomic E-state index is 0.000139. The molecule has 106 valence electrons. The Labute approximate surface area is 111 Å². The van der Waals surface area contributed by atoms with Crippen molar-refractivity contribution >= 4 is 5.91 Å². The van der Waals surface area contributed by atoms with Crippen LogP contribution in [0.25, 0.3) is 0 Å². The van der Waals surface area contributed by atoms with Gasteiger partial charge in [-0.2, -0.15) is 13.2 Å². The Morgan fingerprint density at radius 1 is 1.21 bits per heavy atom. The van der Waals surface area contributed by atoms with E-state index in [0.29, 0.717) is 5.56 Å². The van der Waals surface area contributed by atoms with E-state index < -0.39 is 23.2 Å². The van der Waals surface area contributed by atoms with Gasteiger partial charge in [0, 0.05) is 5.54 Å². The van der Waals surface area contributed by atoms with Crippen LogP contribution in [0.4, 0.5) is 13.2 Å². The van der Waals surface area contributed by atoms with Crippen molar-refractivity contribution in [1.82, 2.24) is 5.32 Å². The molecule has 1 aromatic carbocycles. The molecule has 1 aromatic rings. The van der Waals surface area contributed by atoms with Crippen LogP contribution in [0, 0.1) is 6.92 Å². The first-order chi connectivity index (χ1) is 8.49. The monoisotopic (exact) mass is 273 g/mol. The molecule has 0 aliphatic heterocycles. The van der Waals surface area contributed by atoms with Crippen LogP contribution in [-0.4, -0.2) is 11.4 Å². The second-order valence-corrected chi connectivity index (χ2v) is 5.63. The quantitative estimate of drug-likeness (QED) is 0.878. The van der Waals surface area contributed by atoms with Gasteiger partial charge in [-0.1, -0.05) is 17.7 Å². The standard InChI is InChI=1S/C14H18F3NO/c1-9-5-6-10(11(7-9)14(15,16)17)8-12(19)18-13(2,3)4/h5-7H,8H2,1-4H3,(H,18,19). The van der Waals surface area contributed by atoms with Crippen LogP contribution in [0.15, 0.2) is 18.2 Å². The number of carbonyl (C=O) groups is 1. The first-order valence-electron chi connectivity index (χ1n) is 5.97. The molecule has 0 aliphatic carbocycles. The van der Waals surface area contributed by atoms with Gasteiger partial charge in [-0.3, -0.25) is 4.79 Å². The predicted molar refractivity (Wildman–Crippen MR) is 67.8 cm³/mol. The van der Waals surface area contributed by atoms with Crippen molar-refractivity contribution in [2.45, 2.75) is 45.8 Å². The summed E-state index contributed by atoms with van der Waals surface area (Å²) in [7, 11) is 0. The predicted octanol–water partition coefficient (Wildman–Crippen LogP) is 3.47. The van der Waals surface area contributed by atoms with Crippen LogP contribution in [-0.2, 0) is 17.4 Å². The number of hydrogen-bond donors (Lipinski definition) is 1. The molecule has 5 heteroatoms. The molecule has 19 heavy (non-hydrogen) atoms. The Hall–Kier alpha value is -1.52. The summed E-state index contributed by atoms with van der Waals surface area (Å²) < 4.78 is 38.7. The van der Waals surface area contributed by atoms with Crippen molar-refractivity contribution in [3.8, 4) is 0 Å². The van der Waals surface area contributed by atoms with Crippen molar-refractivity contribution in [2.24, 2.45) is 0 Å². The zero-order valence-electron chi connectivity index (χ0n) is 11.5. The molecule has 0 aromatic heterocycles. The summed E-state index contributed by atoms with van der Waals surface area (Å²) >= 11 is 0. The molecule has 1 N–H and O–H groups in total. The third-order valence-corrected chi connectivity index (χ3v) is 2.44. The molecule has 2 nitrogen and oxygen atoms in total. The normalized spacial score (nSPS) is 12.4. The molecule has 0 atom stereocenters. The Balaban J connectivity index is 2.99. The first kappa shape index (κ1) is 15.5. The van der Waals surface area contributed by atoms with Crippen molar-refractivity contribution < 1.29 is 18.0 Å². The molecule has 0 saturated heterocycles. The molecule has 0 spiro atoms. The lowest BCUT2D eigenvalue weighted by molar-refractivity contribution is -0.138. The van der Waals surface area contributed by atoms with Crippen molar-refractivity contribution in [3.05, 3.63) is 34.9 Å². The third-order valence-electron chi connectivity index (χ3n) is 2.44. The Morgan fingerprint density at radius 3 is 2.26 bits per heavy atom. The number of benzene rings is 1. The van der Waals surface area contributed by atoms with Gasteiger partial charge in [0.25, 0.3) is 0 Å². The van der Waals surface area contributed by atoms with Gasteiger partial charge in [-0.05, 0) is 39.3 Å². The Bertz CT molecular complexity index is 473. The van der Waals surface area contributed by atoms with E-state index in [1.165, 1.54) is 6.07 Å². The summed E-state index contributed by atoms with van der Waals surface area (Å²) in [4.78, 5) is 11.7. The average Bonchev–Trinajstić information content (AvgIpc) is 2.16. The highest BCUT2D eigenvalue weighted by Gasteiger charge is 2.33. The van der Waals surface area contributed by atoms with E-state index in [4.69, 9.17) is 0 Å². The molecule has 0 unspecified atom stereocenters. The molecule has 0 saturated carbocycles. The zero-order chi connectivity index (χ0) is 14.8. The van der Waals surface area contributed by atoms with Crippen LogP contribution < -0.4 is 5.32 Å². The SMILES string of the molecule is Cc1ccc(CC(=O)NC(C)(C)C)c(C(F)(F)F)c1. The number of aryl methyl sites for hydroxylation is 1. The summed E-state index contributed by atoms with van der Waals surface area (Å²) in [6, 6.07) is 4.01. The van der Waals surface area contributed by atoms with E-state index in [9.17, 15) is 18.0 Å². The Morgan fingerprint density at radius 2 is 1.79 bits per heavy atom. The largest absolute Gasteiger partial charge is 0.416 e. The van der Waals surface area contributed by atoms with E-state index in [1.807, 2.05) is 0 Å². The fraction of sp³-hybridized carbons (Fsp3) is 0.500. The molecule has 1 amide bonds. The van der Waals surface area contributed by atoms with Crippen molar-refractivity contribution in [1.29, 1.82) is 0 Å². The van der Waals surface area contributed by atoms with Gasteiger partial charge in [0.15, 0.2) is 0 Å². The van der Waals surface area contributed by atoms with E-state index >= 15 is 0 Å². The number of carbonyl (C=O) groups excluding carboxylic acids is 1. The highest BCUT2D eigenvalue weighted by molar-refractivity contribution is 5.79. The number of amides is 1. The van der Waals surface area contributed by atoms with Gasteiger partial charge in [-0.15, -0.1) is 0 Å². The van der Waals surface area contributed by atoms with E-state index in [1.54, 1.807) is 33.8 Å². The van der Waals surface area contributed by atoms with Crippen LogP contribution >= 0.6 is 0 Å². The molecule has 0 fully saturated rings. The lowest BCUT2D eigenvalue weighted by Gasteiger charge is -2.21. The average molecular weight is 273 g/mol. The second kappa shape index (κ2) is 5.23. The fourth-order valence-electron chi connectivity index (χ4n) is 1.74. The number of alkyl halides is 3. The second-order valence-electron chi connectivity index (χ2n) is 5.63. The molecule has 0 heterocycles. The number of rotatable bonds is 2. The Kier molecular flexibility index (Phi) is 4.28. The number of halogens is 3. The van der Waals surface area contributed by atoms with Crippen LogP contribution in [0.3, 0.4) is 0 Å². The maximum Gasteiger partial charge on any atom is 0.416 e. The van der Waals surface area contributed by atoms with E-state index in [-0.39, 0.29) is 12.0 Å². The summed E-state index contributed by atoms with van der Waals surface area (Å²) in [5.74, 6) is -0.415. The summed E-state index contributed by atoms with van der Waals surface area (Å²) in [6.45, 7) is 6.94. The minimum atomic E-state index is -4.44. The summed E-state index contributed by atoms with van der Waals surface area (Å²) in [6.07, 6.45) is -4.71.